The Morgan fingerprint density at radius 3 is 1.27 bits per heavy atom. The molecular weight excluding hydrogens is 232 g/mol. The first-order valence-electron chi connectivity index (χ1n) is 3.01. The average Bonchev–Trinajstić information content (AvgIpc) is 2.87. The van der Waals surface area contributed by atoms with Crippen LogP contribution in [0.2, 0.25) is 0 Å². The molecule has 2 rings (SSSR count). The maximum Gasteiger partial charge on any atom is 1.00 e. The summed E-state index contributed by atoms with van der Waals surface area (Å²) in [6.45, 7) is 4.75. The van der Waals surface area contributed by atoms with Gasteiger partial charge in [-0.1, -0.05) is 12.5 Å². The third-order valence-electron chi connectivity index (χ3n) is 0.758. The molecule has 15 heavy (non-hydrogen) atoms. The molecule has 0 saturated heterocycles. The molecule has 0 amide bonds. The molecule has 3 nitrogen and oxygen atoms in total. The molecule has 2 aromatic rings. The summed E-state index contributed by atoms with van der Waals surface area (Å²) in [5, 5.41) is 6.25. The molecule has 0 fully saturated rings. The molecule has 0 aromatic carbocycles. The Morgan fingerprint density at radius 2 is 1.20 bits per heavy atom. The van der Waals surface area contributed by atoms with Gasteiger partial charge in [-0.2, -0.15) is 12.1 Å². The zero-order valence-electron chi connectivity index (χ0n) is 8.53. The number of furan rings is 2. The van der Waals surface area contributed by atoms with Crippen molar-refractivity contribution in [3.63, 3.8) is 0 Å². The maximum absolute atomic E-state index is 6.25. The van der Waals surface area contributed by atoms with E-state index in [1.807, 2.05) is 0 Å². The largest absolute Gasteiger partial charge is 1.00 e. The monoisotopic (exact) mass is 237 g/mol. The summed E-state index contributed by atoms with van der Waals surface area (Å²) in [5.74, 6) is 0. The molecule has 0 radical (unpaired) electrons. The number of rotatable bonds is 0. The predicted molar refractivity (Wildman–Crippen MR) is 40.1 cm³/mol. The molecule has 0 aliphatic heterocycles. The Labute approximate surface area is 124 Å². The van der Waals surface area contributed by atoms with Crippen molar-refractivity contribution in [2.45, 2.75) is 0 Å². The molecule has 0 aliphatic carbocycles. The van der Waals surface area contributed by atoms with Crippen LogP contribution in [0.15, 0.2) is 45.6 Å². The summed E-state index contributed by atoms with van der Waals surface area (Å²) in [6, 6.07) is 6.97. The first-order chi connectivity index (χ1) is 6.00. The standard InChI is InChI=1S/2C4H3O.CN.Cu.2Li/c2*1-2-4-5-3-1;1-2;;;/h2*1-3H;;;;/q3*-1;3*+1. The van der Waals surface area contributed by atoms with Gasteiger partial charge in [0.2, 0.25) is 0 Å². The predicted octanol–water partition coefficient (Wildman–Crippen LogP) is -3.74. The minimum absolute atomic E-state index is 0. The molecule has 0 N–H and O–H groups in total. The molecular formula is C9H6CuLi2NO2. The fourth-order valence-corrected chi connectivity index (χ4v) is 0.393. The summed E-state index contributed by atoms with van der Waals surface area (Å²) in [5.41, 5.74) is 0. The molecule has 72 valence electrons. The third kappa shape index (κ3) is 20.0. The third-order valence-corrected chi connectivity index (χ3v) is 0.758. The van der Waals surface area contributed by atoms with Crippen LogP contribution in [0.1, 0.15) is 0 Å². The van der Waals surface area contributed by atoms with E-state index in [1.165, 1.54) is 0 Å². The van der Waals surface area contributed by atoms with Crippen LogP contribution in [0, 0.1) is 24.4 Å². The van der Waals surface area contributed by atoms with Gasteiger partial charge in [-0.3, -0.25) is 0 Å². The summed E-state index contributed by atoms with van der Waals surface area (Å²) < 4.78 is 8.92. The van der Waals surface area contributed by atoms with Gasteiger partial charge in [0.1, 0.15) is 0 Å². The molecule has 2 heterocycles. The van der Waals surface area contributed by atoms with E-state index in [2.05, 4.69) is 21.4 Å². The van der Waals surface area contributed by atoms with Crippen LogP contribution in [0.3, 0.4) is 0 Å². The SMILES string of the molecule is [C-]#N.[Cu+].[Li+].[Li+].[c-]1ccco1.[c-]1ccco1. The Balaban J connectivity index is -0.0000000592. The summed E-state index contributed by atoms with van der Waals surface area (Å²) in [7, 11) is 0. The Hall–Kier alpha value is -0.236. The van der Waals surface area contributed by atoms with Crippen molar-refractivity contribution in [2.24, 2.45) is 0 Å². The molecule has 0 spiro atoms. The Morgan fingerprint density at radius 1 is 0.867 bits per heavy atom. The van der Waals surface area contributed by atoms with Gasteiger partial charge in [-0.25, -0.2) is 0 Å². The van der Waals surface area contributed by atoms with E-state index in [9.17, 15) is 0 Å². The normalized spacial score (nSPS) is 5.47. The zero-order valence-corrected chi connectivity index (χ0v) is 9.47. The number of nitrogens with zero attached hydrogens (tertiary/aromatic N) is 1. The maximum atomic E-state index is 6.25. The van der Waals surface area contributed by atoms with Gasteiger partial charge >= 0.3 is 54.8 Å². The van der Waals surface area contributed by atoms with Crippen LogP contribution in [0.5, 0.6) is 0 Å². The Bertz CT molecular complexity index is 198. The van der Waals surface area contributed by atoms with Gasteiger partial charge in [0, 0.05) is 0 Å². The van der Waals surface area contributed by atoms with E-state index in [0.29, 0.717) is 0 Å². The van der Waals surface area contributed by atoms with Crippen molar-refractivity contribution in [3.8, 4) is 0 Å². The Kier molecular flexibility index (Phi) is 37.9. The van der Waals surface area contributed by atoms with Gasteiger partial charge in [0.25, 0.3) is 0 Å². The van der Waals surface area contributed by atoms with Crippen molar-refractivity contribution >= 4 is 0 Å². The van der Waals surface area contributed by atoms with Crippen LogP contribution in [-0.2, 0) is 17.1 Å². The average molecular weight is 238 g/mol. The van der Waals surface area contributed by atoms with E-state index in [4.69, 9.17) is 11.8 Å². The minimum atomic E-state index is 0. The van der Waals surface area contributed by atoms with Gasteiger partial charge in [0.15, 0.2) is 0 Å². The van der Waals surface area contributed by atoms with Gasteiger partial charge in [-0.05, 0) is 12.5 Å². The minimum Gasteiger partial charge on any atom is -0.599 e. The van der Waals surface area contributed by atoms with Gasteiger partial charge in [0.05, 0.1) is 0 Å². The molecule has 0 unspecified atom stereocenters. The topological polar surface area (TPSA) is 50.1 Å². The van der Waals surface area contributed by atoms with Crippen molar-refractivity contribution in [2.75, 3.05) is 0 Å². The van der Waals surface area contributed by atoms with Crippen LogP contribution < -0.4 is 37.7 Å². The zero-order chi connectivity index (χ0) is 9.07. The van der Waals surface area contributed by atoms with Crippen molar-refractivity contribution < 1.29 is 63.6 Å². The second-order valence-corrected chi connectivity index (χ2v) is 1.46. The fraction of sp³-hybridized carbons (Fsp3) is 0. The second-order valence-electron chi connectivity index (χ2n) is 1.46. The van der Waals surface area contributed by atoms with Crippen LogP contribution in [0.4, 0.5) is 0 Å². The summed E-state index contributed by atoms with van der Waals surface area (Å²) in [4.78, 5) is 0. The molecule has 0 aliphatic rings. The summed E-state index contributed by atoms with van der Waals surface area (Å²) in [6.07, 6.45) is 8.11. The smallest absolute Gasteiger partial charge is 0.599 e. The molecule has 6 heteroatoms. The van der Waals surface area contributed by atoms with Crippen molar-refractivity contribution in [1.29, 1.82) is 5.26 Å². The van der Waals surface area contributed by atoms with Crippen LogP contribution in [-0.4, -0.2) is 0 Å². The van der Waals surface area contributed by atoms with Crippen molar-refractivity contribution in [3.05, 3.63) is 55.9 Å². The fourth-order valence-electron chi connectivity index (χ4n) is 0.393. The molecule has 0 bridgehead atoms. The van der Waals surface area contributed by atoms with E-state index in [1.54, 1.807) is 36.8 Å². The van der Waals surface area contributed by atoms with E-state index in [0.717, 1.165) is 0 Å². The van der Waals surface area contributed by atoms with E-state index < -0.39 is 0 Å². The second kappa shape index (κ2) is 23.5. The van der Waals surface area contributed by atoms with Crippen molar-refractivity contribution in [1.82, 2.24) is 0 Å². The van der Waals surface area contributed by atoms with Crippen LogP contribution >= 0.6 is 0 Å². The van der Waals surface area contributed by atoms with Crippen LogP contribution in [0.25, 0.3) is 0 Å². The number of hydrogen-bond donors (Lipinski definition) is 0. The van der Waals surface area contributed by atoms with Gasteiger partial charge < -0.3 is 20.7 Å². The molecule has 0 atom stereocenters. The number of hydrogen-bond acceptors (Lipinski definition) is 3. The van der Waals surface area contributed by atoms with Gasteiger partial charge in [-0.15, -0.1) is 12.1 Å². The first kappa shape index (κ1) is 24.1. The quantitative estimate of drug-likeness (QED) is 0.350. The van der Waals surface area contributed by atoms with E-state index in [-0.39, 0.29) is 54.8 Å². The molecule has 2 aromatic heterocycles. The molecule has 0 saturated carbocycles. The van der Waals surface area contributed by atoms with E-state index >= 15 is 0 Å². The summed E-state index contributed by atoms with van der Waals surface area (Å²) >= 11 is 0. The first-order valence-corrected chi connectivity index (χ1v) is 3.01.